The molecular formula is C26H36N4O3S. The molecule has 0 saturated carbocycles. The minimum atomic E-state index is -0.871. The average Bonchev–Trinajstić information content (AvgIpc) is 2.81. The summed E-state index contributed by atoms with van der Waals surface area (Å²) in [4.78, 5) is 33.5. The van der Waals surface area contributed by atoms with Crippen LogP contribution in [0, 0.1) is 5.92 Å². The van der Waals surface area contributed by atoms with Gasteiger partial charge in [0.25, 0.3) is 5.91 Å². The van der Waals surface area contributed by atoms with Crippen LogP contribution in [0.3, 0.4) is 0 Å². The van der Waals surface area contributed by atoms with Gasteiger partial charge in [0.2, 0.25) is 0 Å². The first-order chi connectivity index (χ1) is 16.2. The van der Waals surface area contributed by atoms with Crippen LogP contribution >= 0.6 is 12.6 Å². The first kappa shape index (κ1) is 26.0. The van der Waals surface area contributed by atoms with Gasteiger partial charge in [-0.1, -0.05) is 44.2 Å². The van der Waals surface area contributed by atoms with Crippen LogP contribution in [0.25, 0.3) is 0 Å². The Bertz CT molecular complexity index is 972. The fraction of sp³-hybridized carbons (Fsp3) is 0.500. The number of esters is 1. The van der Waals surface area contributed by atoms with Gasteiger partial charge in [0, 0.05) is 38.4 Å². The maximum atomic E-state index is 13.6. The van der Waals surface area contributed by atoms with E-state index in [2.05, 4.69) is 48.1 Å². The first-order valence-corrected chi connectivity index (χ1v) is 12.3. The summed E-state index contributed by atoms with van der Waals surface area (Å²) < 4.78 is 4.98. The fourth-order valence-corrected chi connectivity index (χ4v) is 4.92. The molecule has 0 spiro atoms. The van der Waals surface area contributed by atoms with Gasteiger partial charge in [-0.15, -0.1) is 0 Å². The fourth-order valence-electron chi connectivity index (χ4n) is 4.36. The molecule has 184 valence electrons. The Morgan fingerprint density at radius 2 is 1.97 bits per heavy atom. The van der Waals surface area contributed by atoms with E-state index in [9.17, 15) is 9.59 Å². The van der Waals surface area contributed by atoms with Crippen LogP contribution in [-0.2, 0) is 16.1 Å². The standard InChI is InChI=1S/C26H36N4O3S/c1-19(2)12-14-28-24-22(11-8-13-27-24)25(32)29-16-20(3)30(17-21-9-6-5-7-10-21)26(34,18-29)15-23(31)33-4/h5-11,13,19-20,34H,12,14-18H2,1-4H3,(H,27,28)/t20-,26-/m0/s1. The summed E-state index contributed by atoms with van der Waals surface area (Å²) in [5.74, 6) is 0.670. The minimum absolute atomic E-state index is 0.0194. The Morgan fingerprint density at radius 1 is 1.24 bits per heavy atom. The van der Waals surface area contributed by atoms with Gasteiger partial charge in [-0.3, -0.25) is 14.5 Å². The Balaban J connectivity index is 1.84. The van der Waals surface area contributed by atoms with E-state index in [1.807, 2.05) is 18.2 Å². The summed E-state index contributed by atoms with van der Waals surface area (Å²) in [7, 11) is 1.38. The number of nitrogens with zero attached hydrogens (tertiary/aromatic N) is 3. The number of carbonyl (C=O) groups excluding carboxylic acids is 2. The van der Waals surface area contributed by atoms with Crippen LogP contribution in [0.1, 0.15) is 49.5 Å². The number of aromatic nitrogens is 1. The van der Waals surface area contributed by atoms with Crippen LogP contribution in [0.15, 0.2) is 48.7 Å². The molecule has 1 aromatic heterocycles. The number of hydrogen-bond acceptors (Lipinski definition) is 7. The third-order valence-corrected chi connectivity index (χ3v) is 6.74. The molecule has 2 aromatic rings. The molecule has 1 aliphatic rings. The maximum absolute atomic E-state index is 13.6. The number of nitrogens with one attached hydrogen (secondary N) is 1. The van der Waals surface area contributed by atoms with Crippen molar-refractivity contribution in [3.63, 3.8) is 0 Å². The number of pyridine rings is 1. The third kappa shape index (κ3) is 6.51. The van der Waals surface area contributed by atoms with E-state index in [1.165, 1.54) is 7.11 Å². The van der Waals surface area contributed by atoms with Crippen molar-refractivity contribution in [2.24, 2.45) is 5.92 Å². The molecule has 2 atom stereocenters. The van der Waals surface area contributed by atoms with E-state index < -0.39 is 4.87 Å². The Hall–Kier alpha value is -2.58. The number of hydrogen-bond donors (Lipinski definition) is 2. The van der Waals surface area contributed by atoms with Crippen molar-refractivity contribution in [2.75, 3.05) is 32.1 Å². The second-order valence-corrected chi connectivity index (χ2v) is 10.2. The molecule has 0 unspecified atom stereocenters. The van der Waals surface area contributed by atoms with Crippen LogP contribution in [0.5, 0.6) is 0 Å². The zero-order chi connectivity index (χ0) is 24.7. The van der Waals surface area contributed by atoms with Crippen molar-refractivity contribution >= 4 is 30.3 Å². The summed E-state index contributed by atoms with van der Waals surface area (Å²) in [6, 6.07) is 13.6. The molecule has 34 heavy (non-hydrogen) atoms. The monoisotopic (exact) mass is 484 g/mol. The van der Waals surface area contributed by atoms with E-state index in [-0.39, 0.29) is 24.3 Å². The number of rotatable bonds is 9. The molecule has 8 heteroatoms. The smallest absolute Gasteiger partial charge is 0.308 e. The molecular weight excluding hydrogens is 448 g/mol. The van der Waals surface area contributed by atoms with Gasteiger partial charge < -0.3 is 15.0 Å². The number of anilines is 1. The topological polar surface area (TPSA) is 74.8 Å². The highest BCUT2D eigenvalue weighted by molar-refractivity contribution is 7.81. The Morgan fingerprint density at radius 3 is 2.65 bits per heavy atom. The molecule has 1 aliphatic heterocycles. The lowest BCUT2D eigenvalue weighted by molar-refractivity contribution is -0.144. The van der Waals surface area contributed by atoms with Gasteiger partial charge >= 0.3 is 5.97 Å². The number of methoxy groups -OCH3 is 1. The number of carbonyl (C=O) groups is 2. The minimum Gasteiger partial charge on any atom is -0.469 e. The number of ether oxygens (including phenoxy) is 1. The highest BCUT2D eigenvalue weighted by atomic mass is 32.1. The van der Waals surface area contributed by atoms with Gasteiger partial charge in [0.1, 0.15) is 5.82 Å². The van der Waals surface area contributed by atoms with Gasteiger partial charge in [0.05, 0.1) is 24.0 Å². The van der Waals surface area contributed by atoms with Crippen LogP contribution in [0.2, 0.25) is 0 Å². The van der Waals surface area contributed by atoms with Crippen LogP contribution in [-0.4, -0.2) is 64.3 Å². The van der Waals surface area contributed by atoms with Gasteiger partial charge in [-0.05, 0) is 37.0 Å². The van der Waals surface area contributed by atoms with Gasteiger partial charge in [-0.25, -0.2) is 4.98 Å². The molecule has 0 aliphatic carbocycles. The largest absolute Gasteiger partial charge is 0.469 e. The number of thiol groups is 1. The Kier molecular flexibility index (Phi) is 8.97. The predicted molar refractivity (Wildman–Crippen MR) is 138 cm³/mol. The molecule has 1 amide bonds. The van der Waals surface area contributed by atoms with Crippen LogP contribution < -0.4 is 5.32 Å². The lowest BCUT2D eigenvalue weighted by Crippen LogP contribution is -2.64. The summed E-state index contributed by atoms with van der Waals surface area (Å²) in [6.07, 6.45) is 2.74. The molecule has 0 bridgehead atoms. The van der Waals surface area contributed by atoms with Crippen LogP contribution in [0.4, 0.5) is 5.82 Å². The zero-order valence-corrected chi connectivity index (χ0v) is 21.4. The molecule has 1 N–H and O–H groups in total. The molecule has 3 rings (SSSR count). The van der Waals surface area contributed by atoms with E-state index in [1.54, 1.807) is 23.2 Å². The van der Waals surface area contributed by atoms with Crippen molar-refractivity contribution in [2.45, 2.75) is 51.1 Å². The quantitative estimate of drug-likeness (QED) is 0.413. The van der Waals surface area contributed by atoms with Crippen molar-refractivity contribution < 1.29 is 14.3 Å². The number of amides is 1. The summed E-state index contributed by atoms with van der Waals surface area (Å²) in [5.41, 5.74) is 1.66. The zero-order valence-electron chi connectivity index (χ0n) is 20.5. The third-order valence-electron chi connectivity index (χ3n) is 6.19. The molecule has 1 fully saturated rings. The van der Waals surface area contributed by atoms with E-state index in [4.69, 9.17) is 17.4 Å². The first-order valence-electron chi connectivity index (χ1n) is 11.8. The van der Waals surface area contributed by atoms with Gasteiger partial charge in [0.15, 0.2) is 0 Å². The highest BCUT2D eigenvalue weighted by Crippen LogP contribution is 2.35. The predicted octanol–water partition coefficient (Wildman–Crippen LogP) is 4.08. The van der Waals surface area contributed by atoms with E-state index in [0.29, 0.717) is 36.9 Å². The average molecular weight is 485 g/mol. The molecule has 0 radical (unpaired) electrons. The maximum Gasteiger partial charge on any atom is 0.308 e. The van der Waals surface area contributed by atoms with Gasteiger partial charge in [-0.2, -0.15) is 12.6 Å². The molecule has 1 saturated heterocycles. The van der Waals surface area contributed by atoms with Crippen molar-refractivity contribution in [1.82, 2.24) is 14.8 Å². The highest BCUT2D eigenvalue weighted by Gasteiger charge is 2.45. The van der Waals surface area contributed by atoms with E-state index >= 15 is 0 Å². The lowest BCUT2D eigenvalue weighted by atomic mass is 10.0. The van der Waals surface area contributed by atoms with Crippen molar-refractivity contribution in [1.29, 1.82) is 0 Å². The van der Waals surface area contributed by atoms with E-state index in [0.717, 1.165) is 18.5 Å². The molecule has 7 nitrogen and oxygen atoms in total. The Labute approximate surface area is 208 Å². The SMILES string of the molecule is COC(=O)C[C@]1(S)CN(C(=O)c2cccnc2NCCC(C)C)C[C@H](C)N1Cc1ccccc1. The lowest BCUT2D eigenvalue weighted by Gasteiger charge is -2.51. The molecule has 1 aromatic carbocycles. The van der Waals surface area contributed by atoms with Crippen molar-refractivity contribution in [3.05, 3.63) is 59.8 Å². The normalized spacial score (nSPS) is 20.9. The summed E-state index contributed by atoms with van der Waals surface area (Å²) in [6.45, 7) is 8.58. The summed E-state index contributed by atoms with van der Waals surface area (Å²) >= 11 is 5.00. The molecule has 2 heterocycles. The second kappa shape index (κ2) is 11.7. The summed E-state index contributed by atoms with van der Waals surface area (Å²) in [5, 5.41) is 3.32. The second-order valence-electron chi connectivity index (χ2n) is 9.39. The van der Waals surface area contributed by atoms with Crippen molar-refractivity contribution in [3.8, 4) is 0 Å². The number of benzene rings is 1. The number of piperazine rings is 1.